The van der Waals surface area contributed by atoms with E-state index in [-0.39, 0.29) is 12.7 Å². The first-order valence-electron chi connectivity index (χ1n) is 9.96. The summed E-state index contributed by atoms with van der Waals surface area (Å²) in [4.78, 5) is 14.1. The molecule has 1 amide bonds. The van der Waals surface area contributed by atoms with Gasteiger partial charge in [-0.1, -0.05) is 24.3 Å². The maximum absolute atomic E-state index is 12.2. The zero-order chi connectivity index (χ0) is 20.3. The van der Waals surface area contributed by atoms with Gasteiger partial charge < -0.3 is 14.7 Å². The lowest BCUT2D eigenvalue weighted by molar-refractivity contribution is 0.0205. The van der Waals surface area contributed by atoms with Crippen LogP contribution in [0.25, 0.3) is 0 Å². The molecule has 1 N–H and O–H groups in total. The van der Waals surface area contributed by atoms with Crippen molar-refractivity contribution >= 4 is 6.09 Å². The first-order valence-corrected chi connectivity index (χ1v) is 9.96. The van der Waals surface area contributed by atoms with E-state index < -0.39 is 5.60 Å². The van der Waals surface area contributed by atoms with Gasteiger partial charge in [-0.05, 0) is 57.6 Å². The van der Waals surface area contributed by atoms with Crippen molar-refractivity contribution in [2.24, 2.45) is 0 Å². The molecule has 2 aromatic rings. The van der Waals surface area contributed by atoms with E-state index in [1.807, 2.05) is 37.3 Å². The number of ether oxygens (including phenoxy) is 1. The molecular weight excluding hydrogens is 354 g/mol. The van der Waals surface area contributed by atoms with Crippen LogP contribution in [0, 0.1) is 6.92 Å². The molecular formula is C22H31N3O3. The standard InChI is InChI=1S/C22H31N3O3/c1-16-20(15-26)13-23-25(16)14-17-6-5-7-19(12-17)18-8-10-24(11-9-18)21(27)28-22(2,3)4/h5-7,12-13,18,26H,8-11,14-15H2,1-4H3. The molecule has 1 aliphatic rings. The van der Waals surface area contributed by atoms with Crippen molar-refractivity contribution in [2.45, 2.75) is 65.2 Å². The zero-order valence-corrected chi connectivity index (χ0v) is 17.3. The van der Waals surface area contributed by atoms with Gasteiger partial charge in [0.1, 0.15) is 5.60 Å². The Bertz CT molecular complexity index is 815. The molecule has 6 heteroatoms. The van der Waals surface area contributed by atoms with Gasteiger partial charge in [0.15, 0.2) is 0 Å². The number of amides is 1. The second-order valence-electron chi connectivity index (χ2n) is 8.56. The highest BCUT2D eigenvalue weighted by Crippen LogP contribution is 2.29. The molecule has 0 unspecified atom stereocenters. The minimum atomic E-state index is -0.456. The third kappa shape index (κ3) is 4.93. The summed E-state index contributed by atoms with van der Waals surface area (Å²) in [5, 5.41) is 13.7. The van der Waals surface area contributed by atoms with Gasteiger partial charge in [-0.25, -0.2) is 4.79 Å². The van der Waals surface area contributed by atoms with Gasteiger partial charge >= 0.3 is 6.09 Å². The van der Waals surface area contributed by atoms with Gasteiger partial charge in [-0.2, -0.15) is 5.10 Å². The normalized spacial score (nSPS) is 15.7. The molecule has 1 saturated heterocycles. The molecule has 1 aliphatic heterocycles. The number of likely N-dealkylation sites (tertiary alicyclic amines) is 1. The van der Waals surface area contributed by atoms with Crippen LogP contribution in [0.4, 0.5) is 4.79 Å². The Kier molecular flexibility index (Phi) is 6.08. The van der Waals surface area contributed by atoms with Crippen LogP contribution in [-0.2, 0) is 17.9 Å². The van der Waals surface area contributed by atoms with Crippen LogP contribution in [0.2, 0.25) is 0 Å². The highest BCUT2D eigenvalue weighted by Gasteiger charge is 2.27. The van der Waals surface area contributed by atoms with E-state index in [1.54, 1.807) is 6.20 Å². The molecule has 0 atom stereocenters. The molecule has 0 saturated carbocycles. The van der Waals surface area contributed by atoms with Crippen LogP contribution < -0.4 is 0 Å². The molecule has 6 nitrogen and oxygen atoms in total. The molecule has 28 heavy (non-hydrogen) atoms. The summed E-state index contributed by atoms with van der Waals surface area (Å²) in [7, 11) is 0. The quantitative estimate of drug-likeness (QED) is 0.868. The van der Waals surface area contributed by atoms with Crippen molar-refractivity contribution in [2.75, 3.05) is 13.1 Å². The van der Waals surface area contributed by atoms with Crippen LogP contribution >= 0.6 is 0 Å². The van der Waals surface area contributed by atoms with Gasteiger partial charge in [0.25, 0.3) is 0 Å². The molecule has 3 rings (SSSR count). The summed E-state index contributed by atoms with van der Waals surface area (Å²) in [6, 6.07) is 8.62. The maximum atomic E-state index is 12.2. The van der Waals surface area contributed by atoms with E-state index in [2.05, 4.69) is 29.4 Å². The van der Waals surface area contributed by atoms with E-state index >= 15 is 0 Å². The average molecular weight is 386 g/mol. The molecule has 1 aromatic heterocycles. The number of aromatic nitrogens is 2. The lowest BCUT2D eigenvalue weighted by atomic mass is 9.88. The third-order valence-corrected chi connectivity index (χ3v) is 5.28. The van der Waals surface area contributed by atoms with Crippen LogP contribution in [0.5, 0.6) is 0 Å². The Morgan fingerprint density at radius 3 is 2.61 bits per heavy atom. The van der Waals surface area contributed by atoms with Crippen molar-refractivity contribution in [3.63, 3.8) is 0 Å². The van der Waals surface area contributed by atoms with Crippen molar-refractivity contribution in [3.8, 4) is 0 Å². The summed E-state index contributed by atoms with van der Waals surface area (Å²) < 4.78 is 7.41. The molecule has 152 valence electrons. The number of carbonyl (C=O) groups excluding carboxylic acids is 1. The summed E-state index contributed by atoms with van der Waals surface area (Å²) in [5.41, 5.74) is 3.92. The minimum absolute atomic E-state index is 0.0160. The van der Waals surface area contributed by atoms with Gasteiger partial charge in [0.2, 0.25) is 0 Å². The Hall–Kier alpha value is -2.34. The van der Waals surface area contributed by atoms with Crippen LogP contribution in [0.3, 0.4) is 0 Å². The molecule has 1 aromatic carbocycles. The summed E-state index contributed by atoms with van der Waals surface area (Å²) in [6.07, 6.45) is 3.40. The third-order valence-electron chi connectivity index (χ3n) is 5.28. The summed E-state index contributed by atoms with van der Waals surface area (Å²) in [6.45, 7) is 9.83. The number of nitrogens with zero attached hydrogens (tertiary/aromatic N) is 3. The first-order chi connectivity index (χ1) is 13.3. The topological polar surface area (TPSA) is 67.6 Å². The largest absolute Gasteiger partial charge is 0.444 e. The Morgan fingerprint density at radius 1 is 1.29 bits per heavy atom. The fourth-order valence-electron chi connectivity index (χ4n) is 3.64. The molecule has 0 bridgehead atoms. The fourth-order valence-corrected chi connectivity index (χ4v) is 3.64. The Morgan fingerprint density at radius 2 is 2.00 bits per heavy atom. The minimum Gasteiger partial charge on any atom is -0.444 e. The first kappa shape index (κ1) is 20.4. The molecule has 0 radical (unpaired) electrons. The highest BCUT2D eigenvalue weighted by atomic mass is 16.6. The monoisotopic (exact) mass is 385 g/mol. The number of piperidine rings is 1. The zero-order valence-electron chi connectivity index (χ0n) is 17.3. The lowest BCUT2D eigenvalue weighted by Crippen LogP contribution is -2.41. The number of aliphatic hydroxyl groups excluding tert-OH is 1. The van der Waals surface area contributed by atoms with E-state index in [9.17, 15) is 9.90 Å². The van der Waals surface area contributed by atoms with Crippen molar-refractivity contribution < 1.29 is 14.6 Å². The molecule has 2 heterocycles. The number of benzene rings is 1. The summed E-state index contributed by atoms with van der Waals surface area (Å²) in [5.74, 6) is 0.449. The van der Waals surface area contributed by atoms with E-state index in [0.717, 1.165) is 37.2 Å². The van der Waals surface area contributed by atoms with Crippen LogP contribution in [0.1, 0.15) is 61.9 Å². The number of carbonyl (C=O) groups is 1. The van der Waals surface area contributed by atoms with E-state index in [0.29, 0.717) is 12.5 Å². The van der Waals surface area contributed by atoms with Crippen molar-refractivity contribution in [1.29, 1.82) is 0 Å². The maximum Gasteiger partial charge on any atom is 0.410 e. The SMILES string of the molecule is Cc1c(CO)cnn1Cc1cccc(C2CCN(C(=O)OC(C)(C)C)CC2)c1. The van der Waals surface area contributed by atoms with E-state index in [4.69, 9.17) is 4.74 Å². The Balaban J connectivity index is 1.62. The highest BCUT2D eigenvalue weighted by molar-refractivity contribution is 5.68. The van der Waals surface area contributed by atoms with Gasteiger partial charge in [0.05, 0.1) is 19.3 Å². The van der Waals surface area contributed by atoms with Crippen LogP contribution in [0.15, 0.2) is 30.5 Å². The number of aliphatic hydroxyl groups is 1. The lowest BCUT2D eigenvalue weighted by Gasteiger charge is -2.33. The predicted molar refractivity (Wildman–Crippen MR) is 108 cm³/mol. The van der Waals surface area contributed by atoms with Crippen LogP contribution in [-0.4, -0.2) is 44.6 Å². The van der Waals surface area contributed by atoms with E-state index in [1.165, 1.54) is 11.1 Å². The van der Waals surface area contributed by atoms with Gasteiger partial charge in [-0.3, -0.25) is 4.68 Å². The Labute approximate surface area is 167 Å². The van der Waals surface area contributed by atoms with Gasteiger partial charge in [0, 0.05) is 24.3 Å². The number of hydrogen-bond donors (Lipinski definition) is 1. The second kappa shape index (κ2) is 8.35. The second-order valence-corrected chi connectivity index (χ2v) is 8.56. The number of hydrogen-bond acceptors (Lipinski definition) is 4. The smallest absolute Gasteiger partial charge is 0.410 e. The summed E-state index contributed by atoms with van der Waals surface area (Å²) >= 11 is 0. The predicted octanol–water partition coefficient (Wildman–Crippen LogP) is 3.85. The molecule has 1 fully saturated rings. The fraction of sp³-hybridized carbons (Fsp3) is 0.545. The van der Waals surface area contributed by atoms with Crippen molar-refractivity contribution in [3.05, 3.63) is 52.8 Å². The molecule has 0 spiro atoms. The van der Waals surface area contributed by atoms with Crippen molar-refractivity contribution in [1.82, 2.24) is 14.7 Å². The molecule has 0 aliphatic carbocycles. The average Bonchev–Trinajstić information content (AvgIpc) is 3.00. The number of rotatable bonds is 4. The van der Waals surface area contributed by atoms with Gasteiger partial charge in [-0.15, -0.1) is 0 Å².